The van der Waals surface area contributed by atoms with Gasteiger partial charge in [-0.1, -0.05) is 19.9 Å². The van der Waals surface area contributed by atoms with Crippen molar-refractivity contribution < 1.29 is 9.13 Å². The summed E-state index contributed by atoms with van der Waals surface area (Å²) in [6, 6.07) is 5.26. The van der Waals surface area contributed by atoms with Crippen LogP contribution in [0.1, 0.15) is 38.3 Å². The predicted molar refractivity (Wildman–Crippen MR) is 71.3 cm³/mol. The normalized spacial score (nSPS) is 18.4. The number of rotatable bonds is 6. The average molecular weight is 251 g/mol. The molecular formula is C15H22FNO. The van der Waals surface area contributed by atoms with Crippen molar-refractivity contribution in [2.75, 3.05) is 13.7 Å². The van der Waals surface area contributed by atoms with Gasteiger partial charge in [0.2, 0.25) is 0 Å². The lowest BCUT2D eigenvalue weighted by atomic mass is 9.90. The van der Waals surface area contributed by atoms with Crippen molar-refractivity contribution in [3.63, 3.8) is 0 Å². The van der Waals surface area contributed by atoms with E-state index in [4.69, 9.17) is 4.74 Å². The van der Waals surface area contributed by atoms with E-state index in [1.807, 2.05) is 12.1 Å². The van der Waals surface area contributed by atoms with Crippen LogP contribution in [0.15, 0.2) is 18.2 Å². The molecule has 0 bridgehead atoms. The first-order valence-electron chi connectivity index (χ1n) is 6.74. The molecule has 2 atom stereocenters. The number of nitrogens with one attached hydrogen (secondary N) is 1. The maximum absolute atomic E-state index is 14.1. The van der Waals surface area contributed by atoms with Gasteiger partial charge in [-0.15, -0.1) is 0 Å². The summed E-state index contributed by atoms with van der Waals surface area (Å²) in [6.45, 7) is 5.13. The summed E-state index contributed by atoms with van der Waals surface area (Å²) in [4.78, 5) is 0. The van der Waals surface area contributed by atoms with Crippen LogP contribution in [0.4, 0.5) is 4.39 Å². The van der Waals surface area contributed by atoms with E-state index in [2.05, 4.69) is 19.2 Å². The second-order valence-electron chi connectivity index (χ2n) is 5.12. The molecule has 0 heterocycles. The molecular weight excluding hydrogens is 229 g/mol. The van der Waals surface area contributed by atoms with E-state index in [0.29, 0.717) is 11.7 Å². The minimum absolute atomic E-state index is 0.105. The fraction of sp³-hybridized carbons (Fsp3) is 0.600. The van der Waals surface area contributed by atoms with E-state index in [0.717, 1.165) is 18.0 Å². The lowest BCUT2D eigenvalue weighted by Gasteiger charge is -2.26. The third-order valence-corrected chi connectivity index (χ3v) is 3.86. The summed E-state index contributed by atoms with van der Waals surface area (Å²) in [5.74, 6) is 1.63. The zero-order valence-corrected chi connectivity index (χ0v) is 11.4. The first-order valence-corrected chi connectivity index (χ1v) is 6.74. The molecule has 1 aromatic carbocycles. The highest BCUT2D eigenvalue weighted by Crippen LogP contribution is 2.43. The highest BCUT2D eigenvalue weighted by molar-refractivity contribution is 5.31. The van der Waals surface area contributed by atoms with E-state index in [9.17, 15) is 4.39 Å². The molecule has 18 heavy (non-hydrogen) atoms. The van der Waals surface area contributed by atoms with Crippen LogP contribution in [0.3, 0.4) is 0 Å². The van der Waals surface area contributed by atoms with Crippen LogP contribution in [0.5, 0.6) is 5.75 Å². The summed E-state index contributed by atoms with van der Waals surface area (Å²) in [5, 5.41) is 3.42. The van der Waals surface area contributed by atoms with Gasteiger partial charge in [0.05, 0.1) is 7.11 Å². The zero-order valence-electron chi connectivity index (χ0n) is 11.4. The summed E-state index contributed by atoms with van der Waals surface area (Å²) in [6.07, 6.45) is 2.56. The molecule has 0 aliphatic heterocycles. The average Bonchev–Trinajstić information content (AvgIpc) is 3.20. The maximum Gasteiger partial charge on any atom is 0.131 e. The topological polar surface area (TPSA) is 21.3 Å². The third kappa shape index (κ3) is 2.83. The van der Waals surface area contributed by atoms with Gasteiger partial charge in [-0.3, -0.25) is 0 Å². The Kier molecular flexibility index (Phi) is 4.23. The van der Waals surface area contributed by atoms with Gasteiger partial charge in [0.1, 0.15) is 11.6 Å². The number of hydrogen-bond donors (Lipinski definition) is 1. The molecule has 1 aliphatic carbocycles. The molecule has 100 valence electrons. The van der Waals surface area contributed by atoms with Gasteiger partial charge in [0.15, 0.2) is 0 Å². The van der Waals surface area contributed by atoms with E-state index in [-0.39, 0.29) is 11.9 Å². The molecule has 3 heteroatoms. The van der Waals surface area contributed by atoms with Crippen molar-refractivity contribution in [1.82, 2.24) is 5.32 Å². The summed E-state index contributed by atoms with van der Waals surface area (Å²) in [5.41, 5.74) is 0.761. The van der Waals surface area contributed by atoms with Crippen LogP contribution in [0, 0.1) is 17.7 Å². The monoisotopic (exact) mass is 251 g/mol. The van der Waals surface area contributed by atoms with Crippen molar-refractivity contribution in [3.05, 3.63) is 29.6 Å². The van der Waals surface area contributed by atoms with Gasteiger partial charge >= 0.3 is 0 Å². The van der Waals surface area contributed by atoms with E-state index in [1.165, 1.54) is 18.9 Å². The molecule has 0 spiro atoms. The molecule has 0 saturated heterocycles. The number of halogens is 1. The molecule has 2 rings (SSSR count). The van der Waals surface area contributed by atoms with Crippen LogP contribution >= 0.6 is 0 Å². The molecule has 0 aromatic heterocycles. The quantitative estimate of drug-likeness (QED) is 0.835. The Morgan fingerprint density at radius 3 is 2.67 bits per heavy atom. The highest BCUT2D eigenvalue weighted by Gasteiger charge is 2.34. The van der Waals surface area contributed by atoms with E-state index in [1.54, 1.807) is 7.11 Å². The Morgan fingerprint density at radius 1 is 1.44 bits per heavy atom. The van der Waals surface area contributed by atoms with Gasteiger partial charge in [0, 0.05) is 17.7 Å². The number of methoxy groups -OCH3 is 1. The van der Waals surface area contributed by atoms with Crippen molar-refractivity contribution >= 4 is 0 Å². The smallest absolute Gasteiger partial charge is 0.131 e. The summed E-state index contributed by atoms with van der Waals surface area (Å²) >= 11 is 0. The Bertz CT molecular complexity index is 403. The Balaban J connectivity index is 2.23. The molecule has 1 aliphatic rings. The van der Waals surface area contributed by atoms with E-state index >= 15 is 0 Å². The first-order chi connectivity index (χ1) is 8.67. The Morgan fingerprint density at radius 2 is 2.17 bits per heavy atom. The minimum Gasteiger partial charge on any atom is -0.497 e. The second-order valence-corrected chi connectivity index (χ2v) is 5.12. The van der Waals surface area contributed by atoms with Crippen molar-refractivity contribution in [2.24, 2.45) is 11.8 Å². The second kappa shape index (κ2) is 5.70. The molecule has 1 N–H and O–H groups in total. The minimum atomic E-state index is -0.173. The van der Waals surface area contributed by atoms with Crippen molar-refractivity contribution in [3.8, 4) is 5.75 Å². The van der Waals surface area contributed by atoms with E-state index < -0.39 is 0 Å². The fourth-order valence-corrected chi connectivity index (χ4v) is 2.58. The lowest BCUT2D eigenvalue weighted by molar-refractivity contribution is 0.344. The maximum atomic E-state index is 14.1. The number of ether oxygens (including phenoxy) is 1. The van der Waals surface area contributed by atoms with Crippen LogP contribution in [0.2, 0.25) is 0 Å². The third-order valence-electron chi connectivity index (χ3n) is 3.86. The fourth-order valence-electron chi connectivity index (χ4n) is 2.58. The molecule has 0 amide bonds. The summed E-state index contributed by atoms with van der Waals surface area (Å²) < 4.78 is 19.2. The van der Waals surface area contributed by atoms with Gasteiger partial charge in [-0.25, -0.2) is 4.39 Å². The molecule has 2 unspecified atom stereocenters. The molecule has 1 aromatic rings. The summed E-state index contributed by atoms with van der Waals surface area (Å²) in [7, 11) is 1.56. The van der Waals surface area contributed by atoms with Crippen molar-refractivity contribution in [1.29, 1.82) is 0 Å². The SMILES string of the molecule is CCNC(c1ccc(OC)cc1F)C(C)C1CC1. The lowest BCUT2D eigenvalue weighted by Crippen LogP contribution is -2.28. The Hall–Kier alpha value is -1.09. The van der Waals surface area contributed by atoms with Gasteiger partial charge in [-0.05, 0) is 37.3 Å². The van der Waals surface area contributed by atoms with Gasteiger partial charge < -0.3 is 10.1 Å². The first kappa shape index (κ1) is 13.3. The van der Waals surface area contributed by atoms with Crippen molar-refractivity contribution in [2.45, 2.75) is 32.7 Å². The predicted octanol–water partition coefficient (Wildman–Crippen LogP) is 3.53. The molecule has 2 nitrogen and oxygen atoms in total. The van der Waals surface area contributed by atoms with Gasteiger partial charge in [0.25, 0.3) is 0 Å². The molecule has 0 radical (unpaired) electrons. The number of hydrogen-bond acceptors (Lipinski definition) is 2. The van der Waals surface area contributed by atoms with Gasteiger partial charge in [-0.2, -0.15) is 0 Å². The van der Waals surface area contributed by atoms with Crippen LogP contribution in [0.25, 0.3) is 0 Å². The highest BCUT2D eigenvalue weighted by atomic mass is 19.1. The van der Waals surface area contributed by atoms with Crippen LogP contribution in [-0.2, 0) is 0 Å². The largest absolute Gasteiger partial charge is 0.497 e. The van der Waals surface area contributed by atoms with Crippen LogP contribution in [-0.4, -0.2) is 13.7 Å². The Labute approximate surface area is 109 Å². The molecule has 1 fully saturated rings. The standard InChI is InChI=1S/C15H22FNO/c1-4-17-15(10(2)11-5-6-11)13-8-7-12(18-3)9-14(13)16/h7-11,15,17H,4-6H2,1-3H3. The molecule has 1 saturated carbocycles. The zero-order chi connectivity index (χ0) is 13.1. The number of benzene rings is 1. The van der Waals surface area contributed by atoms with Crippen LogP contribution < -0.4 is 10.1 Å².